The van der Waals surface area contributed by atoms with Crippen LogP contribution >= 0.6 is 0 Å². The van der Waals surface area contributed by atoms with Crippen molar-refractivity contribution < 1.29 is 14.3 Å². The standard InChI is InChI=1S/C16H25FN2O2/c1-11(9-20)12(2)19-15(21)18-10-16(3,4)13-6-5-7-14(17)8-13/h5-8,11-12,20H,9-10H2,1-4H3,(H2,18,19,21). The Hall–Kier alpha value is -1.62. The third-order valence-corrected chi connectivity index (χ3v) is 3.80. The average molecular weight is 296 g/mol. The molecule has 1 rings (SSSR count). The molecule has 0 saturated heterocycles. The van der Waals surface area contributed by atoms with Crippen LogP contribution in [0.1, 0.15) is 33.3 Å². The molecule has 0 fully saturated rings. The highest BCUT2D eigenvalue weighted by Gasteiger charge is 2.22. The van der Waals surface area contributed by atoms with E-state index >= 15 is 0 Å². The van der Waals surface area contributed by atoms with Crippen molar-refractivity contribution in [3.63, 3.8) is 0 Å². The minimum atomic E-state index is -0.370. The molecule has 0 heterocycles. The molecule has 5 heteroatoms. The van der Waals surface area contributed by atoms with Gasteiger partial charge < -0.3 is 15.7 Å². The molecule has 0 saturated carbocycles. The van der Waals surface area contributed by atoms with Gasteiger partial charge in [0.25, 0.3) is 0 Å². The highest BCUT2D eigenvalue weighted by Crippen LogP contribution is 2.22. The van der Waals surface area contributed by atoms with Crippen LogP contribution in [0.4, 0.5) is 9.18 Å². The molecule has 0 aliphatic carbocycles. The molecule has 118 valence electrons. The van der Waals surface area contributed by atoms with E-state index in [-0.39, 0.29) is 35.8 Å². The van der Waals surface area contributed by atoms with Gasteiger partial charge in [-0.1, -0.05) is 32.9 Å². The Morgan fingerprint density at radius 3 is 2.62 bits per heavy atom. The Morgan fingerprint density at radius 2 is 2.05 bits per heavy atom. The number of urea groups is 1. The van der Waals surface area contributed by atoms with Crippen molar-refractivity contribution in [2.45, 2.75) is 39.2 Å². The van der Waals surface area contributed by atoms with Crippen molar-refractivity contribution in [2.24, 2.45) is 5.92 Å². The van der Waals surface area contributed by atoms with E-state index in [4.69, 9.17) is 5.11 Å². The zero-order valence-corrected chi connectivity index (χ0v) is 13.1. The summed E-state index contributed by atoms with van der Waals surface area (Å²) in [5.74, 6) is -0.289. The maximum absolute atomic E-state index is 13.3. The molecular formula is C16H25FN2O2. The van der Waals surface area contributed by atoms with Gasteiger partial charge in [-0.3, -0.25) is 0 Å². The van der Waals surface area contributed by atoms with Gasteiger partial charge >= 0.3 is 6.03 Å². The smallest absolute Gasteiger partial charge is 0.315 e. The number of rotatable bonds is 6. The van der Waals surface area contributed by atoms with Gasteiger partial charge in [-0.25, -0.2) is 9.18 Å². The first-order valence-electron chi connectivity index (χ1n) is 7.17. The number of nitrogens with one attached hydrogen (secondary N) is 2. The molecule has 0 aliphatic heterocycles. The van der Waals surface area contributed by atoms with Crippen LogP contribution in [0.2, 0.25) is 0 Å². The van der Waals surface area contributed by atoms with Crippen LogP contribution in [0.25, 0.3) is 0 Å². The number of aliphatic hydroxyl groups excluding tert-OH is 1. The van der Waals surface area contributed by atoms with Crippen LogP contribution in [-0.4, -0.2) is 30.3 Å². The fraction of sp³-hybridized carbons (Fsp3) is 0.562. The Labute approximate surface area is 125 Å². The summed E-state index contributed by atoms with van der Waals surface area (Å²) < 4.78 is 13.3. The van der Waals surface area contributed by atoms with Gasteiger partial charge in [0, 0.05) is 24.6 Å². The van der Waals surface area contributed by atoms with Gasteiger partial charge in [-0.2, -0.15) is 0 Å². The van der Waals surface area contributed by atoms with Crippen molar-refractivity contribution >= 4 is 6.03 Å². The van der Waals surface area contributed by atoms with Gasteiger partial charge in [-0.15, -0.1) is 0 Å². The zero-order chi connectivity index (χ0) is 16.0. The first kappa shape index (κ1) is 17.4. The molecule has 0 aliphatic rings. The summed E-state index contributed by atoms with van der Waals surface area (Å²) in [6.45, 7) is 8.02. The van der Waals surface area contributed by atoms with Crippen molar-refractivity contribution in [1.29, 1.82) is 0 Å². The van der Waals surface area contributed by atoms with E-state index < -0.39 is 0 Å². The van der Waals surface area contributed by atoms with Gasteiger partial charge in [0.2, 0.25) is 0 Å². The molecule has 0 bridgehead atoms. The van der Waals surface area contributed by atoms with Crippen LogP contribution in [0.15, 0.2) is 24.3 Å². The van der Waals surface area contributed by atoms with Crippen LogP contribution in [0, 0.1) is 11.7 Å². The predicted molar refractivity (Wildman–Crippen MR) is 81.7 cm³/mol. The van der Waals surface area contributed by atoms with Crippen molar-refractivity contribution in [2.75, 3.05) is 13.2 Å². The third kappa shape index (κ3) is 5.34. The second-order valence-corrected chi connectivity index (χ2v) is 6.17. The van der Waals surface area contributed by atoms with Crippen molar-refractivity contribution in [3.8, 4) is 0 Å². The first-order valence-corrected chi connectivity index (χ1v) is 7.17. The number of carbonyl (C=O) groups is 1. The lowest BCUT2D eigenvalue weighted by atomic mass is 9.84. The second-order valence-electron chi connectivity index (χ2n) is 6.17. The summed E-state index contributed by atoms with van der Waals surface area (Å²) in [5, 5.41) is 14.6. The maximum Gasteiger partial charge on any atom is 0.315 e. The lowest BCUT2D eigenvalue weighted by Gasteiger charge is -2.27. The quantitative estimate of drug-likeness (QED) is 0.755. The molecule has 0 radical (unpaired) electrons. The monoisotopic (exact) mass is 296 g/mol. The Balaban J connectivity index is 2.55. The number of hydrogen-bond acceptors (Lipinski definition) is 2. The second kappa shape index (κ2) is 7.41. The summed E-state index contributed by atoms with van der Waals surface area (Å²) in [4.78, 5) is 11.8. The molecule has 21 heavy (non-hydrogen) atoms. The number of hydrogen-bond donors (Lipinski definition) is 3. The third-order valence-electron chi connectivity index (χ3n) is 3.80. The van der Waals surface area contributed by atoms with E-state index in [9.17, 15) is 9.18 Å². The molecule has 0 spiro atoms. The van der Waals surface area contributed by atoms with E-state index in [1.54, 1.807) is 6.07 Å². The molecule has 1 aromatic rings. The molecule has 2 amide bonds. The van der Waals surface area contributed by atoms with E-state index in [1.807, 2.05) is 33.8 Å². The normalized spacial score (nSPS) is 14.4. The number of benzene rings is 1. The van der Waals surface area contributed by atoms with E-state index in [0.717, 1.165) is 5.56 Å². The summed E-state index contributed by atoms with van der Waals surface area (Å²) in [6.07, 6.45) is 0. The number of halogens is 1. The van der Waals surface area contributed by atoms with Crippen LogP contribution in [0.3, 0.4) is 0 Å². The van der Waals surface area contributed by atoms with Gasteiger partial charge in [-0.05, 0) is 30.5 Å². The maximum atomic E-state index is 13.3. The average Bonchev–Trinajstić information content (AvgIpc) is 2.44. The molecule has 1 aromatic carbocycles. The van der Waals surface area contributed by atoms with E-state index in [1.165, 1.54) is 12.1 Å². The van der Waals surface area contributed by atoms with E-state index in [2.05, 4.69) is 10.6 Å². The molecule has 0 aromatic heterocycles. The predicted octanol–water partition coefficient (Wildman–Crippen LogP) is 2.42. The first-order chi connectivity index (χ1) is 9.76. The SMILES string of the molecule is CC(CO)C(C)NC(=O)NCC(C)(C)c1cccc(F)c1. The molecule has 2 unspecified atom stereocenters. The topological polar surface area (TPSA) is 61.4 Å². The molecule has 3 N–H and O–H groups in total. The summed E-state index contributed by atoms with van der Waals surface area (Å²) in [5.41, 5.74) is 0.463. The zero-order valence-electron chi connectivity index (χ0n) is 13.1. The van der Waals surface area contributed by atoms with Gasteiger partial charge in [0.15, 0.2) is 0 Å². The number of amides is 2. The number of aliphatic hydroxyl groups is 1. The lowest BCUT2D eigenvalue weighted by Crippen LogP contribution is -2.47. The lowest BCUT2D eigenvalue weighted by molar-refractivity contribution is 0.199. The Bertz CT molecular complexity index is 477. The summed E-state index contributed by atoms with van der Waals surface area (Å²) >= 11 is 0. The molecule has 4 nitrogen and oxygen atoms in total. The minimum Gasteiger partial charge on any atom is -0.396 e. The highest BCUT2D eigenvalue weighted by atomic mass is 19.1. The minimum absolute atomic E-state index is 0.00743. The largest absolute Gasteiger partial charge is 0.396 e. The fourth-order valence-corrected chi connectivity index (χ4v) is 1.87. The number of carbonyl (C=O) groups excluding carboxylic acids is 1. The van der Waals surface area contributed by atoms with Gasteiger partial charge in [0.05, 0.1) is 0 Å². The summed E-state index contributed by atoms with van der Waals surface area (Å²) in [6, 6.07) is 5.99. The van der Waals surface area contributed by atoms with E-state index in [0.29, 0.717) is 6.54 Å². The van der Waals surface area contributed by atoms with Crippen LogP contribution in [0.5, 0.6) is 0 Å². The van der Waals surface area contributed by atoms with Gasteiger partial charge in [0.1, 0.15) is 5.82 Å². The Morgan fingerprint density at radius 1 is 1.38 bits per heavy atom. The molecular weight excluding hydrogens is 271 g/mol. The summed E-state index contributed by atoms with van der Waals surface area (Å²) in [7, 11) is 0. The van der Waals surface area contributed by atoms with Crippen molar-refractivity contribution in [3.05, 3.63) is 35.6 Å². The van der Waals surface area contributed by atoms with Crippen molar-refractivity contribution in [1.82, 2.24) is 10.6 Å². The fourth-order valence-electron chi connectivity index (χ4n) is 1.87. The molecule has 2 atom stereocenters. The highest BCUT2D eigenvalue weighted by molar-refractivity contribution is 5.74. The van der Waals surface area contributed by atoms with Crippen LogP contribution < -0.4 is 10.6 Å². The van der Waals surface area contributed by atoms with Crippen LogP contribution in [-0.2, 0) is 5.41 Å². The Kier molecular flexibility index (Phi) is 6.15.